The van der Waals surface area contributed by atoms with Gasteiger partial charge >= 0.3 is 0 Å². The van der Waals surface area contributed by atoms with Crippen molar-refractivity contribution in [3.63, 3.8) is 0 Å². The highest BCUT2D eigenvalue weighted by Gasteiger charge is 2.33. The third-order valence-electron chi connectivity index (χ3n) is 5.83. The number of aryl methyl sites for hydroxylation is 1. The smallest absolute Gasteiger partial charge is 0.253 e. The van der Waals surface area contributed by atoms with Gasteiger partial charge < -0.3 is 10.2 Å². The number of hydrogen-bond donors (Lipinski definition) is 1. The first-order valence-corrected chi connectivity index (χ1v) is 9.71. The molecule has 1 aliphatic heterocycles. The Morgan fingerprint density at radius 1 is 1.08 bits per heavy atom. The van der Waals surface area contributed by atoms with Crippen LogP contribution in [0.15, 0.2) is 48.8 Å². The van der Waals surface area contributed by atoms with Gasteiger partial charge in [0.25, 0.3) is 5.91 Å². The molecule has 0 bridgehead atoms. The average molecular weight is 349 g/mol. The van der Waals surface area contributed by atoms with Crippen LogP contribution in [-0.2, 0) is 0 Å². The van der Waals surface area contributed by atoms with E-state index in [0.717, 1.165) is 31.5 Å². The van der Waals surface area contributed by atoms with Crippen molar-refractivity contribution in [2.45, 2.75) is 50.6 Å². The molecule has 4 heteroatoms. The van der Waals surface area contributed by atoms with Crippen molar-refractivity contribution in [1.29, 1.82) is 0 Å². The quantitative estimate of drug-likeness (QED) is 0.918. The van der Waals surface area contributed by atoms with Crippen LogP contribution in [0, 0.1) is 6.92 Å². The maximum Gasteiger partial charge on any atom is 0.253 e. The SMILES string of the molecule is Cc1cccc(C2CC(NC3CCN(C(=O)c4ccncc4)CC3)C2)c1. The molecule has 4 nitrogen and oxygen atoms in total. The average Bonchev–Trinajstić information content (AvgIpc) is 2.65. The molecule has 2 heterocycles. The maximum absolute atomic E-state index is 12.5. The first kappa shape index (κ1) is 17.2. The minimum absolute atomic E-state index is 0.133. The predicted octanol–water partition coefficient (Wildman–Crippen LogP) is 3.53. The van der Waals surface area contributed by atoms with Gasteiger partial charge in [-0.15, -0.1) is 0 Å². The van der Waals surface area contributed by atoms with Gasteiger partial charge in [0.15, 0.2) is 0 Å². The van der Waals surface area contributed by atoms with E-state index in [1.54, 1.807) is 24.5 Å². The van der Waals surface area contributed by atoms with Gasteiger partial charge in [0.1, 0.15) is 0 Å². The third-order valence-corrected chi connectivity index (χ3v) is 5.83. The molecule has 0 atom stereocenters. The van der Waals surface area contributed by atoms with Crippen molar-refractivity contribution < 1.29 is 4.79 Å². The molecule has 136 valence electrons. The van der Waals surface area contributed by atoms with E-state index in [-0.39, 0.29) is 5.91 Å². The molecule has 1 saturated carbocycles. The number of benzene rings is 1. The minimum atomic E-state index is 0.133. The molecule has 4 rings (SSSR count). The van der Waals surface area contributed by atoms with Gasteiger partial charge in [0.2, 0.25) is 0 Å². The number of aromatic nitrogens is 1. The number of hydrogen-bond acceptors (Lipinski definition) is 3. The van der Waals surface area contributed by atoms with Gasteiger partial charge in [-0.3, -0.25) is 9.78 Å². The lowest BCUT2D eigenvalue weighted by Crippen LogP contribution is -2.50. The summed E-state index contributed by atoms with van der Waals surface area (Å²) in [5.41, 5.74) is 3.58. The summed E-state index contributed by atoms with van der Waals surface area (Å²) >= 11 is 0. The van der Waals surface area contributed by atoms with Gasteiger partial charge in [0, 0.05) is 43.1 Å². The second kappa shape index (κ2) is 7.58. The summed E-state index contributed by atoms with van der Waals surface area (Å²) in [6.07, 6.45) is 7.93. The highest BCUT2D eigenvalue weighted by molar-refractivity contribution is 5.94. The highest BCUT2D eigenvalue weighted by Crippen LogP contribution is 2.37. The molecule has 1 aromatic carbocycles. The first-order valence-electron chi connectivity index (χ1n) is 9.71. The monoisotopic (exact) mass is 349 g/mol. The highest BCUT2D eigenvalue weighted by atomic mass is 16.2. The zero-order valence-corrected chi connectivity index (χ0v) is 15.4. The lowest BCUT2D eigenvalue weighted by molar-refractivity contribution is 0.0695. The Morgan fingerprint density at radius 2 is 1.81 bits per heavy atom. The minimum Gasteiger partial charge on any atom is -0.339 e. The molecule has 0 spiro atoms. The van der Waals surface area contributed by atoms with Crippen molar-refractivity contribution in [1.82, 2.24) is 15.2 Å². The van der Waals surface area contributed by atoms with Gasteiger partial charge in [0.05, 0.1) is 0 Å². The summed E-state index contributed by atoms with van der Waals surface area (Å²) in [5, 5.41) is 3.82. The number of carbonyl (C=O) groups excluding carboxylic acids is 1. The molecule has 1 saturated heterocycles. The van der Waals surface area contributed by atoms with Crippen molar-refractivity contribution in [2.75, 3.05) is 13.1 Å². The Morgan fingerprint density at radius 3 is 2.50 bits per heavy atom. The van der Waals surface area contributed by atoms with Crippen LogP contribution in [0.3, 0.4) is 0 Å². The lowest BCUT2D eigenvalue weighted by atomic mass is 9.75. The molecule has 1 aromatic heterocycles. The Labute approximate surface area is 155 Å². The van der Waals surface area contributed by atoms with E-state index < -0.39 is 0 Å². The summed E-state index contributed by atoms with van der Waals surface area (Å²) in [7, 11) is 0. The summed E-state index contributed by atoms with van der Waals surface area (Å²) in [5.74, 6) is 0.842. The molecule has 0 unspecified atom stereocenters. The van der Waals surface area contributed by atoms with Crippen LogP contribution in [0.4, 0.5) is 0 Å². The van der Waals surface area contributed by atoms with Crippen LogP contribution in [0.2, 0.25) is 0 Å². The van der Waals surface area contributed by atoms with E-state index in [9.17, 15) is 4.79 Å². The van der Waals surface area contributed by atoms with Crippen molar-refractivity contribution >= 4 is 5.91 Å². The Kier molecular flexibility index (Phi) is 5.02. The normalized spacial score (nSPS) is 23.5. The molecule has 1 amide bonds. The fourth-order valence-corrected chi connectivity index (χ4v) is 4.21. The first-order chi connectivity index (χ1) is 12.7. The van der Waals surface area contributed by atoms with E-state index in [2.05, 4.69) is 41.5 Å². The lowest BCUT2D eigenvalue weighted by Gasteiger charge is -2.41. The number of nitrogens with zero attached hydrogens (tertiary/aromatic N) is 2. The molecule has 2 aromatic rings. The molecular weight excluding hydrogens is 322 g/mol. The zero-order valence-electron chi connectivity index (χ0n) is 15.4. The predicted molar refractivity (Wildman–Crippen MR) is 103 cm³/mol. The van der Waals surface area contributed by atoms with Crippen molar-refractivity contribution in [3.05, 3.63) is 65.5 Å². The number of carbonyl (C=O) groups is 1. The number of piperidine rings is 1. The molecular formula is C22H27N3O. The van der Waals surface area contributed by atoms with E-state index in [0.29, 0.717) is 18.0 Å². The second-order valence-corrected chi connectivity index (χ2v) is 7.75. The van der Waals surface area contributed by atoms with Crippen LogP contribution in [0.5, 0.6) is 0 Å². The topological polar surface area (TPSA) is 45.2 Å². The van der Waals surface area contributed by atoms with E-state index in [4.69, 9.17) is 0 Å². The van der Waals surface area contributed by atoms with Crippen LogP contribution in [-0.4, -0.2) is 41.0 Å². The Bertz CT molecular complexity index is 747. The van der Waals surface area contributed by atoms with Crippen LogP contribution < -0.4 is 5.32 Å². The standard InChI is InChI=1S/C22H27N3O/c1-16-3-2-4-18(13-16)19-14-21(15-19)24-20-7-11-25(12-8-20)22(26)17-5-9-23-10-6-17/h2-6,9-10,13,19-21,24H,7-8,11-12,14-15H2,1H3. The summed E-state index contributed by atoms with van der Waals surface area (Å²) in [6, 6.07) is 13.7. The van der Waals surface area contributed by atoms with Gasteiger partial charge in [-0.25, -0.2) is 0 Å². The fraction of sp³-hybridized carbons (Fsp3) is 0.455. The van der Waals surface area contributed by atoms with E-state index in [1.165, 1.54) is 24.0 Å². The van der Waals surface area contributed by atoms with Crippen molar-refractivity contribution in [3.8, 4) is 0 Å². The molecule has 26 heavy (non-hydrogen) atoms. The second-order valence-electron chi connectivity index (χ2n) is 7.75. The van der Waals surface area contributed by atoms with Crippen LogP contribution in [0.1, 0.15) is 53.1 Å². The molecule has 2 fully saturated rings. The number of likely N-dealkylation sites (tertiary alicyclic amines) is 1. The van der Waals surface area contributed by atoms with Gasteiger partial charge in [-0.05, 0) is 56.2 Å². The van der Waals surface area contributed by atoms with E-state index >= 15 is 0 Å². The van der Waals surface area contributed by atoms with Crippen LogP contribution >= 0.6 is 0 Å². The molecule has 0 radical (unpaired) electrons. The molecule has 1 aliphatic carbocycles. The summed E-state index contributed by atoms with van der Waals surface area (Å²) in [6.45, 7) is 3.85. The maximum atomic E-state index is 12.5. The molecule has 2 aliphatic rings. The third kappa shape index (κ3) is 3.80. The van der Waals surface area contributed by atoms with Crippen molar-refractivity contribution in [2.24, 2.45) is 0 Å². The van der Waals surface area contributed by atoms with Crippen LogP contribution in [0.25, 0.3) is 0 Å². The van der Waals surface area contributed by atoms with E-state index in [1.807, 2.05) is 4.90 Å². The van der Waals surface area contributed by atoms with Gasteiger partial charge in [-0.2, -0.15) is 0 Å². The number of pyridine rings is 1. The number of amides is 1. The number of nitrogens with one attached hydrogen (secondary N) is 1. The number of rotatable bonds is 4. The van der Waals surface area contributed by atoms with Gasteiger partial charge in [-0.1, -0.05) is 29.8 Å². The zero-order chi connectivity index (χ0) is 17.9. The molecule has 1 N–H and O–H groups in total. The summed E-state index contributed by atoms with van der Waals surface area (Å²) < 4.78 is 0. The largest absolute Gasteiger partial charge is 0.339 e. The fourth-order valence-electron chi connectivity index (χ4n) is 4.21. The Balaban J connectivity index is 1.22. The Hall–Kier alpha value is -2.20. The summed E-state index contributed by atoms with van der Waals surface area (Å²) in [4.78, 5) is 18.5.